The summed E-state index contributed by atoms with van der Waals surface area (Å²) in [5, 5.41) is 0. The van der Waals surface area contributed by atoms with Crippen LogP contribution in [0.5, 0.6) is 11.5 Å². The lowest BCUT2D eigenvalue weighted by Crippen LogP contribution is -2.21. The Balaban J connectivity index is 1.27. The Morgan fingerprint density at radius 1 is 0.632 bits per heavy atom. The van der Waals surface area contributed by atoms with Crippen molar-refractivity contribution in [3.63, 3.8) is 0 Å². The molecule has 2 aromatic carbocycles. The first-order valence-electron chi connectivity index (χ1n) is 14.6. The van der Waals surface area contributed by atoms with E-state index in [1.165, 1.54) is 12.1 Å². The molecule has 38 heavy (non-hydrogen) atoms. The van der Waals surface area contributed by atoms with Crippen LogP contribution in [0, 0.1) is 35.1 Å². The lowest BCUT2D eigenvalue weighted by molar-refractivity contribution is 0.190. The minimum Gasteiger partial charge on any atom is -0.490 e. The first kappa shape index (κ1) is 28.8. The first-order valence-corrected chi connectivity index (χ1v) is 14.6. The normalized spacial score (nSPS) is 23.8. The average Bonchev–Trinajstić information content (AvgIpc) is 2.93. The monoisotopic (exact) mass is 534 g/mol. The maximum absolute atomic E-state index is 15.1. The van der Waals surface area contributed by atoms with Crippen LogP contribution in [-0.4, -0.2) is 13.2 Å². The highest BCUT2D eigenvalue weighted by atomic mass is 19.2. The van der Waals surface area contributed by atoms with E-state index in [1.807, 2.05) is 0 Å². The van der Waals surface area contributed by atoms with Crippen molar-refractivity contribution in [2.75, 3.05) is 13.2 Å². The number of halogens is 4. The second-order valence-corrected chi connectivity index (χ2v) is 11.5. The number of unbranched alkanes of at least 4 members (excludes halogenated alkanes) is 3. The Kier molecular flexibility index (Phi) is 10.4. The Hall–Kier alpha value is -2.24. The molecule has 2 saturated carbocycles. The van der Waals surface area contributed by atoms with Gasteiger partial charge in [0.25, 0.3) is 0 Å². The maximum atomic E-state index is 15.1. The fraction of sp³-hybridized carbons (Fsp3) is 0.625. The van der Waals surface area contributed by atoms with E-state index in [-0.39, 0.29) is 35.9 Å². The Bertz CT molecular complexity index is 1040. The molecule has 0 spiro atoms. The summed E-state index contributed by atoms with van der Waals surface area (Å²) >= 11 is 0. The summed E-state index contributed by atoms with van der Waals surface area (Å²) in [6.07, 6.45) is 10.9. The van der Waals surface area contributed by atoms with Gasteiger partial charge in [0.1, 0.15) is 0 Å². The van der Waals surface area contributed by atoms with Crippen molar-refractivity contribution in [3.8, 4) is 11.5 Å². The van der Waals surface area contributed by atoms with Gasteiger partial charge >= 0.3 is 0 Å². The minimum absolute atomic E-state index is 0.0379. The molecular formula is C32H42F4O2. The van der Waals surface area contributed by atoms with Gasteiger partial charge in [0.15, 0.2) is 23.1 Å². The maximum Gasteiger partial charge on any atom is 0.204 e. The van der Waals surface area contributed by atoms with Crippen LogP contribution in [0.4, 0.5) is 17.6 Å². The van der Waals surface area contributed by atoms with Crippen molar-refractivity contribution in [1.82, 2.24) is 0 Å². The average molecular weight is 535 g/mol. The van der Waals surface area contributed by atoms with Gasteiger partial charge in [0.2, 0.25) is 11.6 Å². The number of hydrogen-bond acceptors (Lipinski definition) is 2. The molecule has 0 atom stereocenters. The van der Waals surface area contributed by atoms with E-state index in [9.17, 15) is 8.78 Å². The third-order valence-electron chi connectivity index (χ3n) is 8.63. The smallest absolute Gasteiger partial charge is 0.204 e. The van der Waals surface area contributed by atoms with Crippen molar-refractivity contribution < 1.29 is 27.0 Å². The number of benzene rings is 2. The lowest BCUT2D eigenvalue weighted by Gasteiger charge is -2.30. The third kappa shape index (κ3) is 7.04. The van der Waals surface area contributed by atoms with Crippen LogP contribution >= 0.6 is 0 Å². The largest absolute Gasteiger partial charge is 0.490 e. The highest BCUT2D eigenvalue weighted by molar-refractivity contribution is 5.35. The van der Waals surface area contributed by atoms with Crippen molar-refractivity contribution in [2.45, 2.75) is 103 Å². The molecule has 0 amide bonds. The van der Waals surface area contributed by atoms with Gasteiger partial charge in [-0.2, -0.15) is 8.78 Å². The molecule has 0 radical (unpaired) electrons. The topological polar surface area (TPSA) is 18.5 Å². The second-order valence-electron chi connectivity index (χ2n) is 11.5. The van der Waals surface area contributed by atoms with Crippen LogP contribution in [0.15, 0.2) is 24.3 Å². The number of hydrogen-bond donors (Lipinski definition) is 0. The van der Waals surface area contributed by atoms with Crippen LogP contribution in [0.1, 0.15) is 114 Å². The molecule has 2 aliphatic carbocycles. The molecule has 0 heterocycles. The van der Waals surface area contributed by atoms with Gasteiger partial charge in [-0.15, -0.1) is 0 Å². The van der Waals surface area contributed by atoms with Gasteiger partial charge in [-0.05, 0) is 91.9 Å². The number of ether oxygens (including phenoxy) is 2. The summed E-state index contributed by atoms with van der Waals surface area (Å²) in [5.74, 6) is -2.74. The molecule has 2 aliphatic rings. The molecule has 0 unspecified atom stereocenters. The summed E-state index contributed by atoms with van der Waals surface area (Å²) in [5.41, 5.74) is 0.996. The van der Waals surface area contributed by atoms with Crippen LogP contribution in [0.3, 0.4) is 0 Å². The van der Waals surface area contributed by atoms with Crippen molar-refractivity contribution in [1.29, 1.82) is 0 Å². The zero-order valence-electron chi connectivity index (χ0n) is 22.8. The molecule has 0 bridgehead atoms. The van der Waals surface area contributed by atoms with E-state index in [2.05, 4.69) is 13.8 Å². The lowest BCUT2D eigenvalue weighted by atomic mass is 9.76. The van der Waals surface area contributed by atoms with Crippen molar-refractivity contribution in [3.05, 3.63) is 58.7 Å². The second kappa shape index (κ2) is 13.7. The van der Waals surface area contributed by atoms with Gasteiger partial charge in [0, 0.05) is 0 Å². The predicted molar refractivity (Wildman–Crippen MR) is 143 cm³/mol. The van der Waals surface area contributed by atoms with Gasteiger partial charge in [-0.3, -0.25) is 0 Å². The zero-order chi connectivity index (χ0) is 27.1. The summed E-state index contributed by atoms with van der Waals surface area (Å²) in [4.78, 5) is 0. The summed E-state index contributed by atoms with van der Waals surface area (Å²) in [6.45, 7) is 4.94. The summed E-state index contributed by atoms with van der Waals surface area (Å²) in [7, 11) is 0. The van der Waals surface area contributed by atoms with E-state index in [1.54, 1.807) is 12.1 Å². The minimum atomic E-state index is -1.03. The van der Waals surface area contributed by atoms with E-state index < -0.39 is 23.3 Å². The van der Waals surface area contributed by atoms with Crippen molar-refractivity contribution >= 4 is 0 Å². The zero-order valence-corrected chi connectivity index (χ0v) is 22.8. The molecule has 0 aromatic heterocycles. The summed E-state index contributed by atoms with van der Waals surface area (Å²) < 4.78 is 70.2. The molecule has 0 aliphatic heterocycles. The Morgan fingerprint density at radius 2 is 1.16 bits per heavy atom. The number of rotatable bonds is 11. The molecule has 4 rings (SSSR count). The summed E-state index contributed by atoms with van der Waals surface area (Å²) in [6, 6.07) is 6.43. The highest BCUT2D eigenvalue weighted by Crippen LogP contribution is 2.41. The van der Waals surface area contributed by atoms with E-state index in [0.29, 0.717) is 36.5 Å². The van der Waals surface area contributed by atoms with E-state index >= 15 is 8.78 Å². The molecule has 210 valence electrons. The Labute approximate surface area is 225 Å². The van der Waals surface area contributed by atoms with Gasteiger partial charge in [-0.25, -0.2) is 8.78 Å². The molecule has 6 heteroatoms. The quantitative estimate of drug-likeness (QED) is 0.211. The third-order valence-corrected chi connectivity index (χ3v) is 8.63. The SMILES string of the molecule is CCCCCCOc1ccc(OCC2CCC(c3ccc(C4CCC(C)CC4)c(F)c3F)CC2)c(F)c1F. The predicted octanol–water partition coefficient (Wildman–Crippen LogP) is 9.85. The van der Waals surface area contributed by atoms with E-state index in [0.717, 1.165) is 64.2 Å². The fourth-order valence-corrected chi connectivity index (χ4v) is 6.08. The molecule has 2 nitrogen and oxygen atoms in total. The highest BCUT2D eigenvalue weighted by Gasteiger charge is 2.29. The van der Waals surface area contributed by atoms with Gasteiger partial charge < -0.3 is 9.47 Å². The van der Waals surface area contributed by atoms with Crippen LogP contribution in [0.2, 0.25) is 0 Å². The standard InChI is InChI=1S/C32H42F4O2/c1-3-4-5-6-19-37-27-17-18-28(32(36)31(27)35)38-20-22-9-13-24(14-10-22)26-16-15-25(29(33)30(26)34)23-11-7-21(2)8-12-23/h15-18,21-24H,3-14,19-20H2,1-2H3. The molecule has 0 N–H and O–H groups in total. The van der Waals surface area contributed by atoms with Crippen LogP contribution in [-0.2, 0) is 0 Å². The molecular weight excluding hydrogens is 492 g/mol. The first-order chi connectivity index (χ1) is 18.4. The molecule has 2 aromatic rings. The van der Waals surface area contributed by atoms with Gasteiger partial charge in [0.05, 0.1) is 13.2 Å². The Morgan fingerprint density at radius 3 is 1.71 bits per heavy atom. The van der Waals surface area contributed by atoms with E-state index in [4.69, 9.17) is 9.47 Å². The fourth-order valence-electron chi connectivity index (χ4n) is 6.08. The van der Waals surface area contributed by atoms with Gasteiger partial charge in [-0.1, -0.05) is 58.1 Å². The molecule has 2 fully saturated rings. The van der Waals surface area contributed by atoms with Crippen molar-refractivity contribution in [2.24, 2.45) is 11.8 Å². The van der Waals surface area contributed by atoms with Crippen LogP contribution in [0.25, 0.3) is 0 Å². The molecule has 0 saturated heterocycles. The van der Waals surface area contributed by atoms with Crippen LogP contribution < -0.4 is 9.47 Å².